The first-order chi connectivity index (χ1) is 16.2. The fourth-order valence-electron chi connectivity index (χ4n) is 4.01. The van der Waals surface area contributed by atoms with E-state index in [0.717, 1.165) is 0 Å². The van der Waals surface area contributed by atoms with Crippen molar-refractivity contribution in [1.82, 2.24) is 19.5 Å². The maximum atomic E-state index is 14.3. The lowest BCUT2D eigenvalue weighted by Gasteiger charge is -2.26. The number of fused-ring (bicyclic) bond motifs is 1. The Morgan fingerprint density at radius 1 is 1.16 bits per heavy atom. The fourth-order valence-corrected chi connectivity index (χ4v) is 4.01. The molecular weight excluding hydrogens is 425 g/mol. The fraction of sp³-hybridized carbons (Fsp3) is 0.476. The molecule has 1 aliphatic carbocycles. The Morgan fingerprint density at radius 3 is 2.69 bits per heavy atom. The topological polar surface area (TPSA) is 97.1 Å². The zero-order valence-electron chi connectivity index (χ0n) is 19.0. The van der Waals surface area contributed by atoms with Crippen molar-refractivity contribution in [1.29, 1.82) is 0 Å². The zero-order chi connectivity index (χ0) is 24.0. The third-order valence-electron chi connectivity index (χ3n) is 5.64. The van der Waals surface area contributed by atoms with Gasteiger partial charge in [0, 0.05) is 26.2 Å². The SMILES string of the molecule is [2H]C1CC([2H])(O)CCC1Nc1ncc2nc(Nc3c(F)cc(F)cc3F)n(C3CCOC3)c2n1. The second kappa shape index (κ2) is 8.55. The highest BCUT2D eigenvalue weighted by Gasteiger charge is 2.27. The highest BCUT2D eigenvalue weighted by atomic mass is 19.1. The molecule has 8 nitrogen and oxygen atoms in total. The summed E-state index contributed by atoms with van der Waals surface area (Å²) in [6, 6.07) is 0.601. The van der Waals surface area contributed by atoms with Crippen LogP contribution < -0.4 is 10.6 Å². The summed E-state index contributed by atoms with van der Waals surface area (Å²) in [4.78, 5) is 13.2. The number of hydrogen-bond acceptors (Lipinski definition) is 7. The first kappa shape index (κ1) is 18.6. The van der Waals surface area contributed by atoms with E-state index >= 15 is 0 Å². The van der Waals surface area contributed by atoms with Gasteiger partial charge in [0.25, 0.3) is 0 Å². The Bertz CT molecular complexity index is 1200. The van der Waals surface area contributed by atoms with Crippen LogP contribution in [0.3, 0.4) is 0 Å². The van der Waals surface area contributed by atoms with E-state index in [0.29, 0.717) is 49.4 Å². The van der Waals surface area contributed by atoms with Crippen LogP contribution in [0.25, 0.3) is 11.2 Å². The van der Waals surface area contributed by atoms with Gasteiger partial charge in [-0.15, -0.1) is 0 Å². The molecular formula is C21H23F3N6O2. The van der Waals surface area contributed by atoms with Crippen LogP contribution in [-0.2, 0) is 4.74 Å². The third-order valence-corrected chi connectivity index (χ3v) is 5.64. The molecule has 2 aliphatic rings. The van der Waals surface area contributed by atoms with Gasteiger partial charge < -0.3 is 20.5 Å². The zero-order valence-corrected chi connectivity index (χ0v) is 17.0. The van der Waals surface area contributed by atoms with Gasteiger partial charge in [-0.1, -0.05) is 0 Å². The molecule has 3 heterocycles. The molecule has 3 N–H and O–H groups in total. The minimum absolute atomic E-state index is 0.00707. The van der Waals surface area contributed by atoms with E-state index in [2.05, 4.69) is 25.6 Å². The molecule has 1 saturated carbocycles. The normalized spacial score (nSPS) is 29.1. The molecule has 3 aromatic rings. The van der Waals surface area contributed by atoms with E-state index < -0.39 is 35.6 Å². The molecule has 0 spiro atoms. The molecule has 4 atom stereocenters. The van der Waals surface area contributed by atoms with Crippen LogP contribution in [0.1, 0.15) is 40.9 Å². The Balaban J connectivity index is 1.50. The number of nitrogens with one attached hydrogen (secondary N) is 2. The molecule has 11 heteroatoms. The van der Waals surface area contributed by atoms with E-state index in [4.69, 9.17) is 7.48 Å². The summed E-state index contributed by atoms with van der Waals surface area (Å²) >= 11 is 0. The summed E-state index contributed by atoms with van der Waals surface area (Å²) in [5, 5.41) is 15.6. The standard InChI is InChI=1S/C21H23F3N6O2/c22-11-7-15(23)18(16(24)8-11)28-21-27-17-9-25-20(26-12-1-3-14(31)4-2-12)29-19(17)30(21)13-5-6-32-10-13/h7-9,12-14,31H,1-6,10H2,(H,27,28)(H,25,26,29)/i1D,14D. The van der Waals surface area contributed by atoms with Crippen LogP contribution >= 0.6 is 0 Å². The molecule has 1 aromatic carbocycles. The number of nitrogens with zero attached hydrogens (tertiary/aromatic N) is 4. The van der Waals surface area contributed by atoms with E-state index in [9.17, 15) is 18.3 Å². The number of aliphatic hydroxyl groups is 1. The van der Waals surface area contributed by atoms with Gasteiger partial charge in [0.1, 0.15) is 17.0 Å². The molecule has 0 amide bonds. The Hall–Kier alpha value is -2.92. The number of rotatable bonds is 5. The van der Waals surface area contributed by atoms with Gasteiger partial charge in [-0.05, 0) is 32.1 Å². The highest BCUT2D eigenvalue weighted by molar-refractivity contribution is 5.76. The number of aromatic nitrogens is 4. The van der Waals surface area contributed by atoms with Crippen molar-refractivity contribution in [2.75, 3.05) is 23.8 Å². The molecule has 1 saturated heterocycles. The van der Waals surface area contributed by atoms with Crippen LogP contribution in [0.2, 0.25) is 0 Å². The summed E-state index contributed by atoms with van der Waals surface area (Å²) in [6.07, 6.45) is 0.396. The van der Waals surface area contributed by atoms with Crippen molar-refractivity contribution in [3.05, 3.63) is 35.8 Å². The molecule has 1 aliphatic heterocycles. The van der Waals surface area contributed by atoms with Gasteiger partial charge in [0.05, 0.1) is 26.3 Å². The van der Waals surface area contributed by atoms with Gasteiger partial charge in [0.15, 0.2) is 17.3 Å². The van der Waals surface area contributed by atoms with Crippen molar-refractivity contribution >= 4 is 28.7 Å². The lowest BCUT2D eigenvalue weighted by atomic mass is 9.93. The smallest absolute Gasteiger partial charge is 0.224 e. The molecule has 4 unspecified atom stereocenters. The predicted molar refractivity (Wildman–Crippen MR) is 111 cm³/mol. The minimum Gasteiger partial charge on any atom is -0.393 e. The number of imidazole rings is 1. The van der Waals surface area contributed by atoms with Crippen LogP contribution in [-0.4, -0.2) is 50.0 Å². The largest absolute Gasteiger partial charge is 0.393 e. The molecule has 5 rings (SSSR count). The van der Waals surface area contributed by atoms with Crippen LogP contribution in [0.5, 0.6) is 0 Å². The van der Waals surface area contributed by atoms with Crippen molar-refractivity contribution < 1.29 is 25.8 Å². The lowest BCUT2D eigenvalue weighted by molar-refractivity contribution is 0.126. The maximum Gasteiger partial charge on any atom is 0.224 e. The number of benzene rings is 1. The van der Waals surface area contributed by atoms with E-state index in [-0.39, 0.29) is 36.8 Å². The summed E-state index contributed by atoms with van der Waals surface area (Å²) < 4.78 is 65.1. The highest BCUT2D eigenvalue weighted by Crippen LogP contribution is 2.32. The number of halogens is 3. The number of ether oxygens (including phenoxy) is 1. The average Bonchev–Trinajstić information content (AvgIpc) is 3.39. The summed E-state index contributed by atoms with van der Waals surface area (Å²) in [5.74, 6) is -2.88. The maximum absolute atomic E-state index is 14.3. The molecule has 32 heavy (non-hydrogen) atoms. The summed E-state index contributed by atoms with van der Waals surface area (Å²) in [5.41, 5.74) is 0.229. The van der Waals surface area contributed by atoms with E-state index in [1.165, 1.54) is 6.20 Å². The Kier molecular flexibility index (Phi) is 4.98. The summed E-state index contributed by atoms with van der Waals surface area (Å²) in [7, 11) is 0. The Labute approximate surface area is 184 Å². The monoisotopic (exact) mass is 450 g/mol. The second-order valence-electron chi connectivity index (χ2n) is 7.89. The average molecular weight is 450 g/mol. The number of anilines is 3. The minimum atomic E-state index is -1.61. The van der Waals surface area contributed by atoms with Crippen molar-refractivity contribution in [2.24, 2.45) is 0 Å². The van der Waals surface area contributed by atoms with Crippen molar-refractivity contribution in [3.63, 3.8) is 0 Å². The van der Waals surface area contributed by atoms with Gasteiger partial charge in [-0.25, -0.2) is 23.1 Å². The molecule has 170 valence electrons. The summed E-state index contributed by atoms with van der Waals surface area (Å²) in [6.45, 7) is 0.846. The Morgan fingerprint density at radius 2 is 1.97 bits per heavy atom. The second-order valence-corrected chi connectivity index (χ2v) is 7.89. The van der Waals surface area contributed by atoms with Crippen LogP contribution in [0.15, 0.2) is 18.3 Å². The van der Waals surface area contributed by atoms with Gasteiger partial charge >= 0.3 is 0 Å². The van der Waals surface area contributed by atoms with Gasteiger partial charge in [-0.3, -0.25) is 4.57 Å². The van der Waals surface area contributed by atoms with Gasteiger partial charge in [0.2, 0.25) is 11.9 Å². The molecule has 2 aromatic heterocycles. The third kappa shape index (κ3) is 4.09. The van der Waals surface area contributed by atoms with E-state index in [1.807, 2.05) is 0 Å². The van der Waals surface area contributed by atoms with Crippen molar-refractivity contribution in [3.8, 4) is 0 Å². The van der Waals surface area contributed by atoms with E-state index in [1.54, 1.807) is 4.57 Å². The van der Waals surface area contributed by atoms with Gasteiger partial charge in [-0.2, -0.15) is 4.98 Å². The van der Waals surface area contributed by atoms with Crippen molar-refractivity contribution in [2.45, 2.75) is 50.2 Å². The molecule has 2 fully saturated rings. The molecule has 0 bridgehead atoms. The first-order valence-corrected chi connectivity index (χ1v) is 10.4. The molecule has 0 radical (unpaired) electrons. The quantitative estimate of drug-likeness (QED) is 0.546. The van der Waals surface area contributed by atoms with Crippen LogP contribution in [0.4, 0.5) is 30.8 Å². The van der Waals surface area contributed by atoms with Crippen LogP contribution in [0, 0.1) is 17.5 Å². The number of hydrogen-bond donors (Lipinski definition) is 3. The first-order valence-electron chi connectivity index (χ1n) is 11.4. The predicted octanol–water partition coefficient (Wildman–Crippen LogP) is 3.66. The lowest BCUT2D eigenvalue weighted by Crippen LogP contribution is -2.29.